The highest BCUT2D eigenvalue weighted by Crippen LogP contribution is 2.32. The molecule has 0 fully saturated rings. The summed E-state index contributed by atoms with van der Waals surface area (Å²) in [5, 5.41) is 18.8. The molecule has 0 spiro atoms. The number of aliphatic hydroxyl groups is 1. The molecule has 6 nitrogen and oxygen atoms in total. The van der Waals surface area contributed by atoms with E-state index in [1.54, 1.807) is 11.1 Å². The third-order valence-corrected chi connectivity index (χ3v) is 5.27. The summed E-state index contributed by atoms with van der Waals surface area (Å²) in [6.07, 6.45) is 3.23. The zero-order chi connectivity index (χ0) is 16.0. The molecule has 1 aliphatic carbocycles. The van der Waals surface area contributed by atoms with E-state index >= 15 is 0 Å². The number of hydrogen-bond donors (Lipinski definition) is 1. The number of hydrogen-bond acceptors (Lipinski definition) is 4. The van der Waals surface area contributed by atoms with Crippen molar-refractivity contribution in [2.75, 3.05) is 6.54 Å². The summed E-state index contributed by atoms with van der Waals surface area (Å²) in [5.41, 5.74) is 1.86. The van der Waals surface area contributed by atoms with Crippen LogP contribution in [-0.4, -0.2) is 43.1 Å². The van der Waals surface area contributed by atoms with Crippen LogP contribution in [0.5, 0.6) is 0 Å². The van der Waals surface area contributed by atoms with Gasteiger partial charge in [-0.25, -0.2) is 4.68 Å². The van der Waals surface area contributed by atoms with Crippen LogP contribution >= 0.6 is 15.9 Å². The minimum absolute atomic E-state index is 0.182. The predicted molar refractivity (Wildman–Crippen MR) is 86.6 cm³/mol. The molecule has 1 aliphatic heterocycles. The van der Waals surface area contributed by atoms with Crippen LogP contribution in [0.1, 0.15) is 23.2 Å². The van der Waals surface area contributed by atoms with Crippen LogP contribution < -0.4 is 0 Å². The highest BCUT2D eigenvalue weighted by atomic mass is 79.9. The first-order valence-corrected chi connectivity index (χ1v) is 8.51. The van der Waals surface area contributed by atoms with Gasteiger partial charge in [0.2, 0.25) is 0 Å². The number of rotatable bonds is 1. The van der Waals surface area contributed by atoms with E-state index < -0.39 is 5.60 Å². The fourth-order valence-electron chi connectivity index (χ4n) is 3.47. The van der Waals surface area contributed by atoms with Crippen molar-refractivity contribution in [3.8, 4) is 0 Å². The molecule has 4 rings (SSSR count). The Morgan fingerprint density at radius 1 is 1.30 bits per heavy atom. The van der Waals surface area contributed by atoms with Crippen LogP contribution in [0.3, 0.4) is 0 Å². The van der Waals surface area contributed by atoms with Crippen LogP contribution in [-0.2, 0) is 30.7 Å². The average Bonchev–Trinajstić information content (AvgIpc) is 3.02. The van der Waals surface area contributed by atoms with Gasteiger partial charge in [0.25, 0.3) is 5.91 Å². The van der Waals surface area contributed by atoms with Crippen molar-refractivity contribution in [3.05, 3.63) is 45.7 Å². The molecule has 7 heteroatoms. The Bertz CT molecular complexity index is 775. The Hall–Kier alpha value is -1.73. The van der Waals surface area contributed by atoms with Gasteiger partial charge in [-0.2, -0.15) is 0 Å². The van der Waals surface area contributed by atoms with E-state index in [9.17, 15) is 9.90 Å². The fraction of sp³-hybridized carbons (Fsp3) is 0.438. The van der Waals surface area contributed by atoms with Gasteiger partial charge in [-0.15, -0.1) is 5.10 Å². The maximum absolute atomic E-state index is 12.9. The maximum Gasteiger partial charge on any atom is 0.255 e. The van der Waals surface area contributed by atoms with E-state index in [0.29, 0.717) is 38.9 Å². The number of aromatic nitrogens is 3. The average molecular weight is 377 g/mol. The number of nitrogens with zero attached hydrogens (tertiary/aromatic N) is 4. The molecule has 1 aromatic carbocycles. The quantitative estimate of drug-likeness (QED) is 0.814. The minimum atomic E-state index is -1.31. The second-order valence-corrected chi connectivity index (χ2v) is 7.21. The van der Waals surface area contributed by atoms with Crippen LogP contribution in [0.4, 0.5) is 0 Å². The molecule has 0 unspecified atom stereocenters. The van der Waals surface area contributed by atoms with E-state index in [-0.39, 0.29) is 5.91 Å². The summed E-state index contributed by atoms with van der Waals surface area (Å²) >= 11 is 3.47. The number of fused-ring (bicyclic) bond motifs is 2. The second kappa shape index (κ2) is 5.42. The Labute approximate surface area is 142 Å². The Morgan fingerprint density at radius 3 is 3.04 bits per heavy atom. The normalized spacial score (nSPS) is 23.3. The number of benzene rings is 1. The monoisotopic (exact) mass is 376 g/mol. The van der Waals surface area contributed by atoms with Gasteiger partial charge in [0.15, 0.2) is 0 Å². The number of carbonyl (C=O) groups is 1. The molecule has 2 aliphatic rings. The van der Waals surface area contributed by atoms with Gasteiger partial charge in [-0.1, -0.05) is 27.2 Å². The predicted octanol–water partition coefficient (Wildman–Crippen LogP) is 1.30. The molecule has 0 radical (unpaired) electrons. The lowest BCUT2D eigenvalue weighted by atomic mass is 9.79. The minimum Gasteiger partial charge on any atom is -0.380 e. The number of aryl methyl sites for hydroxylation is 1. The van der Waals surface area contributed by atoms with Gasteiger partial charge in [0.1, 0.15) is 5.60 Å². The highest BCUT2D eigenvalue weighted by Gasteiger charge is 2.42. The number of amides is 1. The van der Waals surface area contributed by atoms with Gasteiger partial charge < -0.3 is 10.0 Å². The van der Waals surface area contributed by atoms with Crippen molar-refractivity contribution in [1.29, 1.82) is 0 Å². The first kappa shape index (κ1) is 14.8. The Morgan fingerprint density at radius 2 is 2.17 bits per heavy atom. The molecule has 1 amide bonds. The third-order valence-electron chi connectivity index (χ3n) is 4.78. The summed E-state index contributed by atoms with van der Waals surface area (Å²) in [7, 11) is 0. The molecule has 0 saturated carbocycles. The molecule has 1 N–H and O–H groups in total. The topological polar surface area (TPSA) is 71.2 Å². The largest absolute Gasteiger partial charge is 0.380 e. The van der Waals surface area contributed by atoms with Gasteiger partial charge >= 0.3 is 0 Å². The Kier molecular flexibility index (Phi) is 3.50. The lowest BCUT2D eigenvalue weighted by Gasteiger charge is -2.38. The molecule has 1 aromatic heterocycles. The third kappa shape index (κ3) is 2.57. The van der Waals surface area contributed by atoms with Crippen molar-refractivity contribution in [1.82, 2.24) is 19.9 Å². The number of carbonyl (C=O) groups excluding carboxylic acids is 1. The van der Waals surface area contributed by atoms with Crippen molar-refractivity contribution < 1.29 is 9.90 Å². The van der Waals surface area contributed by atoms with E-state index in [1.165, 1.54) is 5.56 Å². The van der Waals surface area contributed by atoms with Crippen LogP contribution in [0.2, 0.25) is 0 Å². The highest BCUT2D eigenvalue weighted by molar-refractivity contribution is 9.10. The van der Waals surface area contributed by atoms with Crippen LogP contribution in [0.15, 0.2) is 28.9 Å². The second-order valence-electron chi connectivity index (χ2n) is 6.30. The summed E-state index contributed by atoms with van der Waals surface area (Å²) in [4.78, 5) is 14.6. The zero-order valence-corrected chi connectivity index (χ0v) is 14.2. The molecule has 0 bridgehead atoms. The van der Waals surface area contributed by atoms with E-state index in [4.69, 9.17) is 0 Å². The molecule has 0 saturated heterocycles. The number of halogens is 1. The van der Waals surface area contributed by atoms with Crippen molar-refractivity contribution >= 4 is 21.8 Å². The molecular formula is C16H17BrN4O2. The lowest BCUT2D eigenvalue weighted by Crippen LogP contribution is -2.53. The summed E-state index contributed by atoms with van der Waals surface area (Å²) in [6, 6.07) is 6.02. The zero-order valence-electron chi connectivity index (χ0n) is 12.6. The molecule has 23 heavy (non-hydrogen) atoms. The molecule has 120 valence electrons. The molecule has 2 heterocycles. The maximum atomic E-state index is 12.9. The summed E-state index contributed by atoms with van der Waals surface area (Å²) in [5.74, 6) is -0.182. The lowest BCUT2D eigenvalue weighted by molar-refractivity contribution is -0.154. The molecule has 2 aromatic rings. The van der Waals surface area contributed by atoms with Gasteiger partial charge in [0, 0.05) is 17.4 Å². The van der Waals surface area contributed by atoms with E-state index in [1.807, 2.05) is 16.8 Å². The SMILES string of the molecule is O=C(N1CCn2nncc2C1)[C@]1(O)CCc2cc(Br)ccc2C1. The molecular weight excluding hydrogens is 360 g/mol. The van der Waals surface area contributed by atoms with Crippen molar-refractivity contribution in [2.24, 2.45) is 0 Å². The summed E-state index contributed by atoms with van der Waals surface area (Å²) < 4.78 is 2.84. The van der Waals surface area contributed by atoms with E-state index in [0.717, 1.165) is 15.7 Å². The fourth-order valence-corrected chi connectivity index (χ4v) is 3.88. The van der Waals surface area contributed by atoms with Crippen molar-refractivity contribution in [3.63, 3.8) is 0 Å². The first-order valence-electron chi connectivity index (χ1n) is 7.72. The first-order chi connectivity index (χ1) is 11.0. The standard InChI is InChI=1S/C16H17BrN4O2/c17-13-2-1-12-8-16(23,4-3-11(12)7-13)15(22)20-5-6-21-14(10-20)9-18-19-21/h1-2,7,9,23H,3-6,8,10H2/t16-/m0/s1. The van der Waals surface area contributed by atoms with Crippen LogP contribution in [0.25, 0.3) is 0 Å². The van der Waals surface area contributed by atoms with Crippen LogP contribution in [0, 0.1) is 0 Å². The van der Waals surface area contributed by atoms with Crippen molar-refractivity contribution in [2.45, 2.75) is 38.0 Å². The summed E-state index contributed by atoms with van der Waals surface area (Å²) in [6.45, 7) is 1.65. The van der Waals surface area contributed by atoms with E-state index in [2.05, 4.69) is 32.3 Å². The smallest absolute Gasteiger partial charge is 0.255 e. The van der Waals surface area contributed by atoms with Gasteiger partial charge in [-0.3, -0.25) is 4.79 Å². The Balaban J connectivity index is 1.56. The van der Waals surface area contributed by atoms with Gasteiger partial charge in [-0.05, 0) is 36.1 Å². The molecule has 1 atom stereocenters. The van der Waals surface area contributed by atoms with Gasteiger partial charge in [0.05, 0.1) is 25.0 Å².